The van der Waals surface area contributed by atoms with Crippen LogP contribution in [0, 0.1) is 0 Å². The highest BCUT2D eigenvalue weighted by Gasteiger charge is 2.29. The summed E-state index contributed by atoms with van der Waals surface area (Å²) in [5.74, 6) is -2.72. The smallest absolute Gasteiger partial charge is 0.349 e. The molecule has 1 saturated carbocycles. The average molecular weight is 502 g/mol. The van der Waals surface area contributed by atoms with Gasteiger partial charge in [-0.2, -0.15) is 4.31 Å². The maximum Gasteiger partial charge on any atom is 0.349 e. The third-order valence-electron chi connectivity index (χ3n) is 5.28. The van der Waals surface area contributed by atoms with E-state index in [4.69, 9.17) is 21.4 Å². The van der Waals surface area contributed by atoms with Gasteiger partial charge in [0.05, 0.1) is 11.1 Å². The van der Waals surface area contributed by atoms with Crippen LogP contribution in [0.15, 0.2) is 24.3 Å². The number of aromatic carboxylic acids is 1. The first-order valence-electron chi connectivity index (χ1n) is 10.0. The number of carboxylic acids is 2. The molecule has 0 amide bonds. The van der Waals surface area contributed by atoms with Crippen molar-refractivity contribution in [1.29, 1.82) is 0 Å². The van der Waals surface area contributed by atoms with Gasteiger partial charge in [-0.15, -0.1) is 11.3 Å². The summed E-state index contributed by atoms with van der Waals surface area (Å²) in [5, 5.41) is 18.3. The van der Waals surface area contributed by atoms with Crippen LogP contribution in [0.1, 0.15) is 47.3 Å². The molecule has 11 heteroatoms. The van der Waals surface area contributed by atoms with Crippen LogP contribution in [0.25, 0.3) is 10.4 Å². The predicted molar refractivity (Wildman–Crippen MR) is 122 cm³/mol. The Balaban J connectivity index is 1.94. The van der Waals surface area contributed by atoms with Crippen LogP contribution in [0.3, 0.4) is 0 Å². The molecule has 0 unspecified atom stereocenters. The summed E-state index contributed by atoms with van der Waals surface area (Å²) in [6, 6.07) is 7.03. The van der Waals surface area contributed by atoms with Gasteiger partial charge in [-0.1, -0.05) is 49.1 Å². The summed E-state index contributed by atoms with van der Waals surface area (Å²) in [6.07, 6.45) is 5.98. The molecule has 0 aliphatic heterocycles. The first kappa shape index (κ1) is 24.5. The zero-order valence-corrected chi connectivity index (χ0v) is 19.8. The molecule has 2 aromatic rings. The zero-order chi connectivity index (χ0) is 23.5. The average Bonchev–Trinajstić information content (AvgIpc) is 3.07. The molecule has 0 spiro atoms. The zero-order valence-electron chi connectivity index (χ0n) is 17.4. The van der Waals surface area contributed by atoms with Crippen LogP contribution in [-0.2, 0) is 21.4 Å². The molecule has 3 rings (SSSR count). The second-order valence-electron chi connectivity index (χ2n) is 7.69. The molecule has 0 atom stereocenters. The maximum atomic E-state index is 12.5. The third kappa shape index (κ3) is 5.80. The number of thiophene rings is 1. The van der Waals surface area contributed by atoms with Gasteiger partial charge in [0.1, 0.15) is 5.02 Å². The van der Waals surface area contributed by atoms with Crippen molar-refractivity contribution >= 4 is 44.9 Å². The number of halogens is 1. The predicted octanol–water partition coefficient (Wildman–Crippen LogP) is 4.32. The van der Waals surface area contributed by atoms with Gasteiger partial charge >= 0.3 is 11.9 Å². The minimum absolute atomic E-state index is 0.0121. The molecule has 2 N–H and O–H groups in total. The van der Waals surface area contributed by atoms with E-state index in [1.807, 2.05) is 6.07 Å². The number of aliphatic carboxylic acids is 1. The number of rotatable bonds is 9. The van der Waals surface area contributed by atoms with E-state index in [1.54, 1.807) is 18.2 Å². The normalized spacial score (nSPS) is 15.1. The van der Waals surface area contributed by atoms with Crippen molar-refractivity contribution in [2.45, 2.75) is 44.7 Å². The molecule has 0 radical (unpaired) electrons. The molecule has 1 aliphatic carbocycles. The van der Waals surface area contributed by atoms with E-state index in [1.165, 1.54) is 10.6 Å². The molecule has 1 fully saturated rings. The van der Waals surface area contributed by atoms with Gasteiger partial charge in [0.2, 0.25) is 10.0 Å². The number of sulfonamides is 1. The molecule has 0 saturated heterocycles. The van der Waals surface area contributed by atoms with Crippen LogP contribution in [0.4, 0.5) is 0 Å². The van der Waals surface area contributed by atoms with Crippen LogP contribution >= 0.6 is 22.9 Å². The molecule has 0 bridgehead atoms. The van der Waals surface area contributed by atoms with Gasteiger partial charge in [0.25, 0.3) is 0 Å². The molecule has 1 aliphatic rings. The Hall–Kier alpha value is -2.14. The van der Waals surface area contributed by atoms with Gasteiger partial charge in [-0.3, -0.25) is 0 Å². The Morgan fingerprint density at radius 1 is 1.22 bits per heavy atom. The fourth-order valence-corrected chi connectivity index (χ4v) is 6.40. The number of benzene rings is 1. The van der Waals surface area contributed by atoms with E-state index >= 15 is 0 Å². The Morgan fingerprint density at radius 3 is 2.50 bits per heavy atom. The largest absolute Gasteiger partial charge is 0.479 e. The molecule has 174 valence electrons. The lowest BCUT2D eigenvalue weighted by Crippen LogP contribution is -2.40. The van der Waals surface area contributed by atoms with Crippen LogP contribution in [0.5, 0.6) is 5.75 Å². The molecule has 1 aromatic carbocycles. The van der Waals surface area contributed by atoms with Gasteiger partial charge in [0.15, 0.2) is 17.2 Å². The molecule has 32 heavy (non-hydrogen) atoms. The fourth-order valence-electron chi connectivity index (χ4n) is 3.86. The van der Waals surface area contributed by atoms with E-state index in [2.05, 4.69) is 0 Å². The fraction of sp³-hybridized carbons (Fsp3) is 0.429. The van der Waals surface area contributed by atoms with Crippen LogP contribution in [0.2, 0.25) is 5.02 Å². The van der Waals surface area contributed by atoms with Crippen molar-refractivity contribution in [2.24, 2.45) is 0 Å². The van der Waals surface area contributed by atoms with Crippen molar-refractivity contribution in [1.82, 2.24) is 4.31 Å². The number of hydrogen-bond donors (Lipinski definition) is 2. The van der Waals surface area contributed by atoms with Crippen molar-refractivity contribution < 1.29 is 33.0 Å². The Labute approximate surface area is 195 Å². The Morgan fingerprint density at radius 2 is 1.91 bits per heavy atom. The highest BCUT2D eigenvalue weighted by Crippen LogP contribution is 2.45. The van der Waals surface area contributed by atoms with E-state index in [-0.39, 0.29) is 28.2 Å². The van der Waals surface area contributed by atoms with Crippen LogP contribution in [-0.4, -0.2) is 53.8 Å². The van der Waals surface area contributed by atoms with E-state index in [0.29, 0.717) is 10.4 Å². The lowest BCUT2D eigenvalue weighted by atomic mass is 9.95. The van der Waals surface area contributed by atoms with Crippen molar-refractivity contribution in [3.05, 3.63) is 39.7 Å². The van der Waals surface area contributed by atoms with Gasteiger partial charge in [-0.05, 0) is 30.0 Å². The summed E-state index contributed by atoms with van der Waals surface area (Å²) in [4.78, 5) is 22.7. The van der Waals surface area contributed by atoms with E-state index in [0.717, 1.165) is 49.0 Å². The molecule has 1 heterocycles. The van der Waals surface area contributed by atoms with Crippen molar-refractivity contribution in [3.63, 3.8) is 0 Å². The van der Waals surface area contributed by atoms with E-state index < -0.39 is 28.6 Å². The third-order valence-corrected chi connectivity index (χ3v) is 8.24. The Bertz CT molecular complexity index is 1110. The summed E-state index contributed by atoms with van der Waals surface area (Å²) >= 11 is 7.25. The monoisotopic (exact) mass is 501 g/mol. The molecule has 1 aromatic heterocycles. The first-order valence-corrected chi connectivity index (χ1v) is 13.1. The minimum atomic E-state index is -3.42. The highest BCUT2D eigenvalue weighted by atomic mass is 35.5. The van der Waals surface area contributed by atoms with Gasteiger partial charge in [-0.25, -0.2) is 18.0 Å². The summed E-state index contributed by atoms with van der Waals surface area (Å²) in [5.41, 5.74) is 1.34. The lowest BCUT2D eigenvalue weighted by Gasteiger charge is -2.32. The summed E-state index contributed by atoms with van der Waals surface area (Å²) in [6.45, 7) is -0.518. The van der Waals surface area contributed by atoms with Gasteiger partial charge < -0.3 is 14.9 Å². The lowest BCUT2D eigenvalue weighted by molar-refractivity contribution is -0.139. The topological polar surface area (TPSA) is 121 Å². The van der Waals surface area contributed by atoms with E-state index in [9.17, 15) is 23.1 Å². The molecular weight excluding hydrogens is 478 g/mol. The quantitative estimate of drug-likeness (QED) is 0.524. The Kier molecular flexibility index (Phi) is 7.81. The highest BCUT2D eigenvalue weighted by molar-refractivity contribution is 7.88. The van der Waals surface area contributed by atoms with Gasteiger partial charge in [0, 0.05) is 12.6 Å². The summed E-state index contributed by atoms with van der Waals surface area (Å²) in [7, 11) is -3.42. The SMILES string of the molecule is CS(=O)(=O)N(Cc1cccc(-c2sc(C(=O)O)c(OCC(=O)O)c2Cl)c1)C1CCCCC1. The number of ether oxygens (including phenoxy) is 1. The van der Waals surface area contributed by atoms with Crippen LogP contribution < -0.4 is 4.74 Å². The van der Waals surface area contributed by atoms with Crippen molar-refractivity contribution in [3.8, 4) is 16.2 Å². The second-order valence-corrected chi connectivity index (χ2v) is 11.0. The standard InChI is InChI=1S/C21H24ClNO7S2/c1-32(28,29)23(15-8-3-2-4-9-15)11-13-6-5-7-14(10-13)19-17(22)18(30-12-16(24)25)20(31-19)21(26)27/h5-7,10,15H,2-4,8-9,11-12H2,1H3,(H,24,25)(H,26,27). The first-order chi connectivity index (χ1) is 15.1. The number of nitrogens with zero attached hydrogens (tertiary/aromatic N) is 1. The maximum absolute atomic E-state index is 12.5. The molecule has 8 nitrogen and oxygen atoms in total. The second kappa shape index (κ2) is 10.2. The van der Waals surface area contributed by atoms with Crippen molar-refractivity contribution in [2.75, 3.05) is 12.9 Å². The number of hydrogen-bond acceptors (Lipinski definition) is 6. The number of carbonyl (C=O) groups is 2. The number of carboxylic acid groups (broad SMARTS) is 2. The minimum Gasteiger partial charge on any atom is -0.479 e. The molecular formula is C21H24ClNO7S2. The summed E-state index contributed by atoms with van der Waals surface area (Å²) < 4.78 is 31.6.